The summed E-state index contributed by atoms with van der Waals surface area (Å²) in [5, 5.41) is 6.27. The third kappa shape index (κ3) is 3.30. The van der Waals surface area contributed by atoms with Crippen molar-refractivity contribution >= 4 is 11.7 Å². The molecular weight excluding hydrogens is 278 g/mol. The highest BCUT2D eigenvalue weighted by molar-refractivity contribution is 5.94. The summed E-state index contributed by atoms with van der Waals surface area (Å²) in [6, 6.07) is 4.11. The third-order valence-electron chi connectivity index (χ3n) is 4.55. The summed E-state index contributed by atoms with van der Waals surface area (Å²) >= 11 is 0. The molecule has 2 fully saturated rings. The Balaban J connectivity index is 1.61. The molecule has 22 heavy (non-hydrogen) atoms. The molecule has 2 N–H and O–H groups in total. The van der Waals surface area contributed by atoms with E-state index in [2.05, 4.69) is 22.2 Å². The minimum absolute atomic E-state index is 0.124. The molecule has 0 aromatic carbocycles. The lowest BCUT2D eigenvalue weighted by Gasteiger charge is -2.33. The van der Waals surface area contributed by atoms with Gasteiger partial charge in [0.05, 0.1) is 11.7 Å². The highest BCUT2D eigenvalue weighted by Gasteiger charge is 2.37. The number of carbonyl (C=O) groups excluding carboxylic acids is 1. The van der Waals surface area contributed by atoms with Crippen molar-refractivity contribution in [3.05, 3.63) is 36.5 Å². The molecule has 1 aliphatic carbocycles. The van der Waals surface area contributed by atoms with Gasteiger partial charge >= 0.3 is 0 Å². The van der Waals surface area contributed by atoms with Crippen LogP contribution >= 0.6 is 0 Å². The molecule has 1 aromatic rings. The number of aromatic nitrogens is 1. The van der Waals surface area contributed by atoms with E-state index in [4.69, 9.17) is 4.74 Å². The fraction of sp³-hybridized carbons (Fsp3) is 0.529. The van der Waals surface area contributed by atoms with Crippen LogP contribution in [0, 0.1) is 5.92 Å². The van der Waals surface area contributed by atoms with E-state index in [1.165, 1.54) is 12.8 Å². The van der Waals surface area contributed by atoms with E-state index in [0.717, 1.165) is 25.3 Å². The lowest BCUT2D eigenvalue weighted by Crippen LogP contribution is -2.38. The lowest BCUT2D eigenvalue weighted by molar-refractivity contribution is 0.0619. The number of nitrogens with one attached hydrogen (secondary N) is 2. The van der Waals surface area contributed by atoms with Crippen molar-refractivity contribution in [2.75, 3.05) is 18.5 Å². The van der Waals surface area contributed by atoms with Crippen LogP contribution in [0.15, 0.2) is 31.0 Å². The van der Waals surface area contributed by atoms with Gasteiger partial charge in [-0.2, -0.15) is 0 Å². The molecular formula is C17H23N3O2. The summed E-state index contributed by atoms with van der Waals surface area (Å²) in [6.07, 6.45) is 8.35. The van der Waals surface area contributed by atoms with Gasteiger partial charge in [-0.05, 0) is 37.8 Å². The third-order valence-corrected chi connectivity index (χ3v) is 4.55. The lowest BCUT2D eigenvalue weighted by atomic mass is 9.82. The summed E-state index contributed by atoms with van der Waals surface area (Å²) in [4.78, 5) is 16.2. The molecule has 3 unspecified atom stereocenters. The average molecular weight is 301 g/mol. The summed E-state index contributed by atoms with van der Waals surface area (Å²) in [5.41, 5.74) is 0.568. The van der Waals surface area contributed by atoms with E-state index in [-0.39, 0.29) is 5.91 Å². The van der Waals surface area contributed by atoms with Gasteiger partial charge in [0.15, 0.2) is 0 Å². The molecule has 2 aliphatic rings. The second kappa shape index (κ2) is 6.92. The maximum Gasteiger partial charge on any atom is 0.253 e. The van der Waals surface area contributed by atoms with Gasteiger partial charge in [-0.15, -0.1) is 6.58 Å². The zero-order valence-corrected chi connectivity index (χ0v) is 12.8. The minimum atomic E-state index is -0.124. The summed E-state index contributed by atoms with van der Waals surface area (Å²) in [6.45, 7) is 4.92. The molecule has 1 saturated carbocycles. The van der Waals surface area contributed by atoms with E-state index in [9.17, 15) is 4.79 Å². The molecule has 3 atom stereocenters. The Morgan fingerprint density at radius 3 is 3.09 bits per heavy atom. The van der Waals surface area contributed by atoms with Crippen LogP contribution in [0.25, 0.3) is 0 Å². The first kappa shape index (κ1) is 15.0. The maximum absolute atomic E-state index is 11.8. The quantitative estimate of drug-likeness (QED) is 0.820. The first-order valence-electron chi connectivity index (χ1n) is 8.01. The normalized spacial score (nSPS) is 27.0. The van der Waals surface area contributed by atoms with Crippen LogP contribution in [-0.2, 0) is 4.74 Å². The number of hydrogen-bond acceptors (Lipinski definition) is 4. The highest BCUT2D eigenvalue weighted by atomic mass is 16.5. The molecule has 118 valence electrons. The van der Waals surface area contributed by atoms with Gasteiger partial charge in [0.2, 0.25) is 0 Å². The summed E-state index contributed by atoms with van der Waals surface area (Å²) < 4.78 is 5.79. The minimum Gasteiger partial charge on any atom is -0.378 e. The first-order chi connectivity index (χ1) is 10.8. The number of pyridine rings is 1. The average Bonchev–Trinajstić information content (AvgIpc) is 3.03. The number of amides is 1. The standard InChI is InChI=1S/C17H23N3O2/c1-2-9-18-17(21)12-6-7-16(19-11-12)20-14-4-3-5-15-13(14)8-10-22-15/h2,6-7,11,13-15H,1,3-5,8-10H2,(H,18,21)(H,19,20). The van der Waals surface area contributed by atoms with Gasteiger partial charge < -0.3 is 15.4 Å². The molecule has 3 rings (SSSR count). The summed E-state index contributed by atoms with van der Waals surface area (Å²) in [5.74, 6) is 1.30. The number of fused-ring (bicyclic) bond motifs is 1. The van der Waals surface area contributed by atoms with Gasteiger partial charge in [-0.3, -0.25) is 4.79 Å². The van der Waals surface area contributed by atoms with Crippen LogP contribution in [0.5, 0.6) is 0 Å². The van der Waals surface area contributed by atoms with Gasteiger partial charge in [-0.25, -0.2) is 4.98 Å². The Kier molecular flexibility index (Phi) is 4.73. The van der Waals surface area contributed by atoms with Crippen LogP contribution in [0.2, 0.25) is 0 Å². The van der Waals surface area contributed by atoms with Crippen LogP contribution in [0.3, 0.4) is 0 Å². The van der Waals surface area contributed by atoms with Crippen LogP contribution < -0.4 is 10.6 Å². The number of hydrogen-bond donors (Lipinski definition) is 2. The van der Waals surface area contributed by atoms with Gasteiger partial charge in [0, 0.05) is 31.3 Å². The number of rotatable bonds is 5. The fourth-order valence-corrected chi connectivity index (χ4v) is 3.43. The Morgan fingerprint density at radius 2 is 2.32 bits per heavy atom. The SMILES string of the molecule is C=CCNC(=O)c1ccc(NC2CCCC3OCCC23)nc1. The smallest absolute Gasteiger partial charge is 0.253 e. The predicted molar refractivity (Wildman–Crippen MR) is 85.9 cm³/mol. The largest absolute Gasteiger partial charge is 0.378 e. The molecule has 0 bridgehead atoms. The zero-order valence-electron chi connectivity index (χ0n) is 12.8. The van der Waals surface area contributed by atoms with Crippen molar-refractivity contribution < 1.29 is 9.53 Å². The van der Waals surface area contributed by atoms with Gasteiger partial charge in [-0.1, -0.05) is 6.08 Å². The molecule has 2 heterocycles. The topological polar surface area (TPSA) is 63.2 Å². The van der Waals surface area contributed by atoms with Crippen LogP contribution in [0.1, 0.15) is 36.0 Å². The molecule has 0 radical (unpaired) electrons. The van der Waals surface area contributed by atoms with E-state index >= 15 is 0 Å². The van der Waals surface area contributed by atoms with Crippen LogP contribution in [0.4, 0.5) is 5.82 Å². The molecule has 5 nitrogen and oxygen atoms in total. The van der Waals surface area contributed by atoms with Gasteiger partial charge in [0.1, 0.15) is 5.82 Å². The zero-order chi connectivity index (χ0) is 15.4. The van der Waals surface area contributed by atoms with Crippen molar-refractivity contribution in [1.82, 2.24) is 10.3 Å². The second-order valence-electron chi connectivity index (χ2n) is 5.97. The second-order valence-corrected chi connectivity index (χ2v) is 5.97. The van der Waals surface area contributed by atoms with E-state index in [0.29, 0.717) is 30.2 Å². The number of nitrogens with zero attached hydrogens (tertiary/aromatic N) is 1. The van der Waals surface area contributed by atoms with Crippen molar-refractivity contribution in [2.45, 2.75) is 37.8 Å². The number of carbonyl (C=O) groups is 1. The van der Waals surface area contributed by atoms with E-state index in [1.54, 1.807) is 18.3 Å². The number of ether oxygens (including phenoxy) is 1. The van der Waals surface area contributed by atoms with E-state index in [1.807, 2.05) is 6.07 Å². The Morgan fingerprint density at radius 1 is 1.41 bits per heavy atom. The molecule has 1 aliphatic heterocycles. The molecule has 5 heteroatoms. The Bertz CT molecular complexity index is 529. The Hall–Kier alpha value is -1.88. The van der Waals surface area contributed by atoms with E-state index < -0.39 is 0 Å². The molecule has 1 amide bonds. The van der Waals surface area contributed by atoms with Crippen molar-refractivity contribution in [3.8, 4) is 0 Å². The Labute approximate surface area is 131 Å². The fourth-order valence-electron chi connectivity index (χ4n) is 3.43. The first-order valence-corrected chi connectivity index (χ1v) is 8.01. The van der Waals surface area contributed by atoms with Gasteiger partial charge in [0.25, 0.3) is 5.91 Å². The molecule has 0 spiro atoms. The van der Waals surface area contributed by atoms with Crippen molar-refractivity contribution in [3.63, 3.8) is 0 Å². The number of anilines is 1. The predicted octanol–water partition coefficient (Wildman–Crippen LogP) is 2.37. The molecule has 1 aromatic heterocycles. The van der Waals surface area contributed by atoms with Crippen LogP contribution in [-0.4, -0.2) is 36.2 Å². The van der Waals surface area contributed by atoms with Crippen molar-refractivity contribution in [1.29, 1.82) is 0 Å². The molecule has 1 saturated heterocycles. The monoisotopic (exact) mass is 301 g/mol. The van der Waals surface area contributed by atoms with Crippen molar-refractivity contribution in [2.24, 2.45) is 5.92 Å². The highest BCUT2D eigenvalue weighted by Crippen LogP contribution is 2.35. The summed E-state index contributed by atoms with van der Waals surface area (Å²) in [7, 11) is 0. The maximum atomic E-state index is 11.8.